The van der Waals surface area contributed by atoms with E-state index in [1.54, 1.807) is 0 Å². The topological polar surface area (TPSA) is 6.48 Å². The monoisotopic (exact) mass is 930 g/mol. The molecule has 0 aromatic heterocycles. The first-order chi connectivity index (χ1) is 36.0. The summed E-state index contributed by atoms with van der Waals surface area (Å²) in [6, 6.07) is 91.4. The summed E-state index contributed by atoms with van der Waals surface area (Å²) in [5.41, 5.74) is 25.2. The number of benzene rings is 12. The SMILES string of the molecule is CC1(C)c2ccccc2-c2ccc(-c3c4ccc(N5c6ccccc6Cc6ccccc65)cc4c(-c4ccc(-c5cccc6ccccc56)cc4)c4ccc(N5c6ccccc6Cc6ccccc65)cc34)cc21. The molecule has 2 aliphatic heterocycles. The fraction of sp³-hybridized carbons (Fsp3) is 0.0704. The smallest absolute Gasteiger partial charge is 0.0497 e. The maximum absolute atomic E-state index is 2.52. The zero-order chi connectivity index (χ0) is 48.4. The molecule has 0 N–H and O–H groups in total. The first-order valence-electron chi connectivity index (χ1n) is 25.7. The molecule has 2 heteroatoms. The van der Waals surface area contributed by atoms with E-state index in [9.17, 15) is 0 Å². The molecule has 0 fully saturated rings. The van der Waals surface area contributed by atoms with E-state index in [2.05, 4.69) is 266 Å². The summed E-state index contributed by atoms with van der Waals surface area (Å²) in [5.74, 6) is 0. The van der Waals surface area contributed by atoms with E-state index >= 15 is 0 Å². The number of fused-ring (bicyclic) bond motifs is 10. The molecule has 12 aromatic rings. The molecule has 344 valence electrons. The highest BCUT2D eigenvalue weighted by Gasteiger charge is 2.36. The minimum Gasteiger partial charge on any atom is -0.310 e. The quantitative estimate of drug-likeness (QED) is 0.159. The van der Waals surface area contributed by atoms with Gasteiger partial charge in [0.1, 0.15) is 0 Å². The Morgan fingerprint density at radius 1 is 0.301 bits per heavy atom. The number of anilines is 6. The molecule has 0 saturated carbocycles. The van der Waals surface area contributed by atoms with Crippen molar-refractivity contribution in [2.45, 2.75) is 32.1 Å². The third kappa shape index (κ3) is 6.36. The fourth-order valence-electron chi connectivity index (χ4n) is 13.0. The summed E-state index contributed by atoms with van der Waals surface area (Å²) in [6.07, 6.45) is 1.82. The molecule has 3 aliphatic rings. The van der Waals surface area contributed by atoms with Crippen LogP contribution in [0.4, 0.5) is 34.1 Å². The normalized spacial score (nSPS) is 13.8. The number of nitrogens with zero attached hydrogens (tertiary/aromatic N) is 2. The number of hydrogen-bond acceptors (Lipinski definition) is 2. The molecule has 0 amide bonds. The van der Waals surface area contributed by atoms with E-state index in [-0.39, 0.29) is 5.41 Å². The van der Waals surface area contributed by atoms with Crippen LogP contribution in [0.3, 0.4) is 0 Å². The third-order valence-corrected chi connectivity index (χ3v) is 16.4. The predicted octanol–water partition coefficient (Wildman–Crippen LogP) is 19.2. The molecule has 0 radical (unpaired) electrons. The van der Waals surface area contributed by atoms with Gasteiger partial charge in [0.05, 0.1) is 0 Å². The van der Waals surface area contributed by atoms with Gasteiger partial charge in [-0.05, 0) is 165 Å². The second kappa shape index (κ2) is 16.0. The number of rotatable bonds is 5. The Bertz CT molecular complexity index is 4160. The molecule has 2 heterocycles. The molecular formula is C71H50N2. The summed E-state index contributed by atoms with van der Waals surface area (Å²) >= 11 is 0. The van der Waals surface area contributed by atoms with E-state index in [1.807, 2.05) is 0 Å². The van der Waals surface area contributed by atoms with E-state index in [0.29, 0.717) is 0 Å². The van der Waals surface area contributed by atoms with Crippen LogP contribution in [0.1, 0.15) is 47.2 Å². The van der Waals surface area contributed by atoms with Crippen LogP contribution in [-0.4, -0.2) is 0 Å². The third-order valence-electron chi connectivity index (χ3n) is 16.4. The zero-order valence-electron chi connectivity index (χ0n) is 40.9. The van der Waals surface area contributed by atoms with Crippen LogP contribution in [0.5, 0.6) is 0 Å². The highest BCUT2D eigenvalue weighted by atomic mass is 15.2. The minimum atomic E-state index is -0.159. The van der Waals surface area contributed by atoms with Crippen LogP contribution in [0.2, 0.25) is 0 Å². The van der Waals surface area contributed by atoms with Gasteiger partial charge in [-0.3, -0.25) is 0 Å². The maximum atomic E-state index is 2.52. The van der Waals surface area contributed by atoms with Gasteiger partial charge in [-0.1, -0.05) is 202 Å². The van der Waals surface area contributed by atoms with Crippen molar-refractivity contribution < 1.29 is 0 Å². The van der Waals surface area contributed by atoms with Crippen molar-refractivity contribution in [3.8, 4) is 44.5 Å². The summed E-state index contributed by atoms with van der Waals surface area (Å²) < 4.78 is 0. The highest BCUT2D eigenvalue weighted by molar-refractivity contribution is 6.23. The van der Waals surface area contributed by atoms with Gasteiger partial charge in [0.25, 0.3) is 0 Å². The lowest BCUT2D eigenvalue weighted by Gasteiger charge is -2.34. The van der Waals surface area contributed by atoms with Crippen molar-refractivity contribution in [3.05, 3.63) is 276 Å². The number of hydrogen-bond donors (Lipinski definition) is 0. The largest absolute Gasteiger partial charge is 0.310 e. The molecule has 12 aromatic carbocycles. The number of para-hydroxylation sites is 4. The standard InChI is InChI=1S/C71H50N2/c1-71(2)63-25-10-9-23-57(63)58-37-34-52(42-64(58)71)70-60-39-36-53(72-65-26-11-4-17-48(65)40-49-18-5-12-27-66(49)72)43-61(60)69(47-32-30-46(31-33-47)56-24-15-21-45-16-3-8-22-55(45)56)59-38-35-54(44-62(59)70)73-67-28-13-6-19-50(67)41-51-20-7-14-29-68(51)73/h3-39,42-44H,40-41H2,1-2H3. The first kappa shape index (κ1) is 41.8. The van der Waals surface area contributed by atoms with Crippen molar-refractivity contribution in [2.75, 3.05) is 9.80 Å². The zero-order valence-corrected chi connectivity index (χ0v) is 40.9. The predicted molar refractivity (Wildman–Crippen MR) is 308 cm³/mol. The summed E-state index contributed by atoms with van der Waals surface area (Å²) in [4.78, 5) is 4.99. The van der Waals surface area contributed by atoms with Gasteiger partial charge in [0.15, 0.2) is 0 Å². The molecule has 0 atom stereocenters. The van der Waals surface area contributed by atoms with Gasteiger partial charge in [0.2, 0.25) is 0 Å². The summed E-state index contributed by atoms with van der Waals surface area (Å²) in [6.45, 7) is 4.79. The Kier molecular flexibility index (Phi) is 9.16. The van der Waals surface area contributed by atoms with Crippen LogP contribution >= 0.6 is 0 Å². The molecule has 0 spiro atoms. The van der Waals surface area contributed by atoms with Crippen molar-refractivity contribution in [3.63, 3.8) is 0 Å². The second-order valence-corrected chi connectivity index (χ2v) is 20.8. The summed E-state index contributed by atoms with van der Waals surface area (Å²) in [7, 11) is 0. The van der Waals surface area contributed by atoms with E-state index in [1.165, 1.54) is 133 Å². The van der Waals surface area contributed by atoms with Gasteiger partial charge in [0, 0.05) is 52.4 Å². The molecule has 0 bridgehead atoms. The maximum Gasteiger partial charge on any atom is 0.0497 e. The molecule has 15 rings (SSSR count). The molecule has 0 saturated heterocycles. The van der Waals surface area contributed by atoms with Crippen molar-refractivity contribution >= 4 is 66.4 Å². The lowest BCUT2D eigenvalue weighted by molar-refractivity contribution is 0.660. The van der Waals surface area contributed by atoms with Gasteiger partial charge >= 0.3 is 0 Å². The Balaban J connectivity index is 1.03. The molecule has 1 aliphatic carbocycles. The first-order valence-corrected chi connectivity index (χ1v) is 25.7. The fourth-order valence-corrected chi connectivity index (χ4v) is 13.0. The van der Waals surface area contributed by atoms with Crippen LogP contribution < -0.4 is 9.80 Å². The van der Waals surface area contributed by atoms with Crippen LogP contribution in [0.25, 0.3) is 76.8 Å². The van der Waals surface area contributed by atoms with E-state index in [4.69, 9.17) is 0 Å². The molecular weight excluding hydrogens is 881 g/mol. The Morgan fingerprint density at radius 3 is 1.33 bits per heavy atom. The average molecular weight is 931 g/mol. The molecule has 2 nitrogen and oxygen atoms in total. The molecule has 73 heavy (non-hydrogen) atoms. The van der Waals surface area contributed by atoms with Gasteiger partial charge in [-0.2, -0.15) is 0 Å². The second-order valence-electron chi connectivity index (χ2n) is 20.8. The van der Waals surface area contributed by atoms with E-state index in [0.717, 1.165) is 24.2 Å². The van der Waals surface area contributed by atoms with Crippen LogP contribution in [0, 0.1) is 0 Å². The van der Waals surface area contributed by atoms with Crippen LogP contribution in [0.15, 0.2) is 243 Å². The van der Waals surface area contributed by atoms with Crippen LogP contribution in [-0.2, 0) is 18.3 Å². The van der Waals surface area contributed by atoms with Crippen molar-refractivity contribution in [2.24, 2.45) is 0 Å². The van der Waals surface area contributed by atoms with E-state index < -0.39 is 0 Å². The summed E-state index contributed by atoms with van der Waals surface area (Å²) in [5, 5.41) is 7.42. The highest BCUT2D eigenvalue weighted by Crippen LogP contribution is 2.54. The minimum absolute atomic E-state index is 0.159. The van der Waals surface area contributed by atoms with Crippen molar-refractivity contribution in [1.82, 2.24) is 0 Å². The lowest BCUT2D eigenvalue weighted by Crippen LogP contribution is -2.18. The Labute approximate surface area is 426 Å². The average Bonchev–Trinajstić information content (AvgIpc) is 3.67. The Hall–Kier alpha value is -8.98. The lowest BCUT2D eigenvalue weighted by atomic mass is 9.80. The molecule has 0 unspecified atom stereocenters. The Morgan fingerprint density at radius 2 is 0.740 bits per heavy atom. The van der Waals surface area contributed by atoms with Crippen molar-refractivity contribution in [1.29, 1.82) is 0 Å². The van der Waals surface area contributed by atoms with Gasteiger partial charge in [-0.15, -0.1) is 0 Å². The van der Waals surface area contributed by atoms with Gasteiger partial charge in [-0.25, -0.2) is 0 Å². The van der Waals surface area contributed by atoms with Gasteiger partial charge < -0.3 is 9.80 Å².